The van der Waals surface area contributed by atoms with E-state index in [9.17, 15) is 24.3 Å². The Morgan fingerprint density at radius 3 is 2.48 bits per heavy atom. The van der Waals surface area contributed by atoms with Crippen LogP contribution in [-0.4, -0.2) is 89.1 Å². The third-order valence-corrected chi connectivity index (χ3v) is 10.7. The average Bonchev–Trinajstić information content (AvgIpc) is 3.77. The van der Waals surface area contributed by atoms with Gasteiger partial charge in [-0.05, 0) is 75.3 Å². The monoisotopic (exact) mass is 705 g/mol. The van der Waals surface area contributed by atoms with Crippen molar-refractivity contribution in [2.24, 2.45) is 11.8 Å². The summed E-state index contributed by atoms with van der Waals surface area (Å²) in [4.78, 5) is 61.4. The summed E-state index contributed by atoms with van der Waals surface area (Å²) in [7, 11) is 1.69. The summed E-state index contributed by atoms with van der Waals surface area (Å²) in [6.07, 6.45) is 5.42. The zero-order chi connectivity index (χ0) is 36.0. The van der Waals surface area contributed by atoms with Crippen molar-refractivity contribution in [1.82, 2.24) is 9.80 Å². The lowest BCUT2D eigenvalue weighted by molar-refractivity contribution is -0.164. The van der Waals surface area contributed by atoms with Crippen LogP contribution in [-0.2, 0) is 28.7 Å². The lowest BCUT2D eigenvalue weighted by Gasteiger charge is -2.37. The van der Waals surface area contributed by atoms with Crippen LogP contribution in [0.3, 0.4) is 0 Å². The predicted octanol–water partition coefficient (Wildman–Crippen LogP) is 5.49. The molecule has 0 radical (unpaired) electrons. The van der Waals surface area contributed by atoms with E-state index in [0.717, 1.165) is 5.56 Å². The van der Waals surface area contributed by atoms with E-state index in [-0.39, 0.29) is 43.8 Å². The van der Waals surface area contributed by atoms with Crippen molar-refractivity contribution < 1.29 is 33.8 Å². The van der Waals surface area contributed by atoms with Crippen LogP contribution in [0.15, 0.2) is 79.9 Å². The van der Waals surface area contributed by atoms with Gasteiger partial charge in [-0.25, -0.2) is 0 Å². The molecular formula is C39H48ClN3O7. The van der Waals surface area contributed by atoms with Crippen LogP contribution >= 0.6 is 11.6 Å². The Labute approximate surface area is 299 Å². The molecule has 1 spiro atoms. The molecule has 3 heterocycles. The molecule has 50 heavy (non-hydrogen) atoms. The van der Waals surface area contributed by atoms with Crippen molar-refractivity contribution in [2.75, 3.05) is 31.6 Å². The second-order valence-electron chi connectivity index (χ2n) is 13.4. The Balaban J connectivity index is 1.48. The number of esters is 1. The number of halogens is 1. The molecule has 2 aromatic carbocycles. The Hall–Kier alpha value is -3.99. The molecule has 10 nitrogen and oxygen atoms in total. The number of hydrogen-bond donors (Lipinski definition) is 1. The van der Waals surface area contributed by atoms with Gasteiger partial charge in [0.25, 0.3) is 5.91 Å². The van der Waals surface area contributed by atoms with Gasteiger partial charge in [0, 0.05) is 43.9 Å². The standard InChI is InChI=1S/C39H48ClN3O7/c1-5-7-16-31(45)41(4)26(3)34(27-14-10-8-11-15-27)49-38(48)32-30-21-22-39(50-30)33(32)36(46)43(24-12-9-13-25-44)35(39)37(47)42(23-6-2)29-19-17-28(40)18-20-29/h5-6,8,10-11,14-15,17-20,26,30,32-35,44H,1-2,7,9,12-13,16,21-25H2,3-4H3/t26-,30+,32-,33-,34+,35+,39-/m1/s1. The van der Waals surface area contributed by atoms with E-state index in [1.54, 1.807) is 58.2 Å². The van der Waals surface area contributed by atoms with Crippen LogP contribution < -0.4 is 4.90 Å². The lowest BCUT2D eigenvalue weighted by atomic mass is 9.70. The van der Waals surface area contributed by atoms with Gasteiger partial charge in [0.1, 0.15) is 17.7 Å². The first kappa shape index (κ1) is 37.3. The molecule has 1 N–H and O–H groups in total. The first-order valence-electron chi connectivity index (χ1n) is 17.5. The van der Waals surface area contributed by atoms with Crippen LogP contribution in [0.4, 0.5) is 5.69 Å². The normalized spacial score (nSPS) is 24.7. The third-order valence-electron chi connectivity index (χ3n) is 10.5. The van der Waals surface area contributed by atoms with Gasteiger partial charge in [0.15, 0.2) is 0 Å². The maximum Gasteiger partial charge on any atom is 0.313 e. The Morgan fingerprint density at radius 1 is 1.10 bits per heavy atom. The van der Waals surface area contributed by atoms with E-state index in [2.05, 4.69) is 13.2 Å². The van der Waals surface area contributed by atoms with Gasteiger partial charge in [-0.3, -0.25) is 19.2 Å². The summed E-state index contributed by atoms with van der Waals surface area (Å²) in [6, 6.07) is 14.7. The Kier molecular flexibility index (Phi) is 12.2. The number of aliphatic hydroxyl groups excluding tert-OH is 1. The number of likely N-dealkylation sites (tertiary alicyclic amines) is 1. The molecule has 3 aliphatic rings. The molecule has 3 fully saturated rings. The van der Waals surface area contributed by atoms with Gasteiger partial charge in [0.05, 0.1) is 24.0 Å². The van der Waals surface area contributed by atoms with Crippen molar-refractivity contribution in [1.29, 1.82) is 0 Å². The summed E-state index contributed by atoms with van der Waals surface area (Å²) < 4.78 is 13.0. The quantitative estimate of drug-likeness (QED) is 0.131. The number of fused-ring (bicyclic) bond motifs is 1. The first-order chi connectivity index (χ1) is 24.1. The summed E-state index contributed by atoms with van der Waals surface area (Å²) in [6.45, 7) is 9.90. The molecule has 0 aromatic heterocycles. The van der Waals surface area contributed by atoms with E-state index >= 15 is 0 Å². The van der Waals surface area contributed by atoms with Gasteiger partial charge in [0.2, 0.25) is 11.8 Å². The second-order valence-corrected chi connectivity index (χ2v) is 13.9. The minimum atomic E-state index is -1.23. The fourth-order valence-electron chi connectivity index (χ4n) is 7.86. The molecule has 2 aromatic rings. The molecule has 3 amide bonds. The molecule has 5 rings (SSSR count). The van der Waals surface area contributed by atoms with Crippen molar-refractivity contribution in [2.45, 2.75) is 81.8 Å². The van der Waals surface area contributed by atoms with E-state index in [1.165, 1.54) is 0 Å². The number of amides is 3. The van der Waals surface area contributed by atoms with Gasteiger partial charge < -0.3 is 29.3 Å². The summed E-state index contributed by atoms with van der Waals surface area (Å²) in [5, 5.41) is 9.90. The highest BCUT2D eigenvalue weighted by Gasteiger charge is 2.75. The van der Waals surface area contributed by atoms with E-state index in [0.29, 0.717) is 49.2 Å². The summed E-state index contributed by atoms with van der Waals surface area (Å²) in [5.41, 5.74) is 0.0908. The van der Waals surface area contributed by atoms with E-state index < -0.39 is 47.7 Å². The Bertz CT molecular complexity index is 1550. The smallest absolute Gasteiger partial charge is 0.313 e. The molecule has 3 aliphatic heterocycles. The molecule has 0 saturated carbocycles. The van der Waals surface area contributed by atoms with Gasteiger partial charge in [-0.2, -0.15) is 0 Å². The minimum absolute atomic E-state index is 0.0291. The van der Waals surface area contributed by atoms with Crippen LogP contribution in [0.5, 0.6) is 0 Å². The summed E-state index contributed by atoms with van der Waals surface area (Å²) >= 11 is 6.16. The minimum Gasteiger partial charge on any atom is -0.455 e. The highest BCUT2D eigenvalue weighted by atomic mass is 35.5. The molecule has 3 saturated heterocycles. The molecule has 268 valence electrons. The fourth-order valence-corrected chi connectivity index (χ4v) is 7.98. The molecule has 11 heteroatoms. The van der Waals surface area contributed by atoms with Crippen molar-refractivity contribution in [3.63, 3.8) is 0 Å². The number of likely N-dealkylation sites (N-methyl/N-ethyl adjacent to an activating group) is 1. The maximum atomic E-state index is 14.7. The number of allylic oxidation sites excluding steroid dienone is 1. The van der Waals surface area contributed by atoms with Crippen molar-refractivity contribution in [3.8, 4) is 0 Å². The van der Waals surface area contributed by atoms with Crippen molar-refractivity contribution >= 4 is 41.0 Å². The fraction of sp³-hybridized carbons (Fsp3) is 0.487. The first-order valence-corrected chi connectivity index (χ1v) is 17.9. The van der Waals surface area contributed by atoms with Crippen LogP contribution in [0.2, 0.25) is 5.02 Å². The number of aliphatic hydroxyl groups is 1. The topological polar surface area (TPSA) is 117 Å². The van der Waals surface area contributed by atoms with E-state index in [1.807, 2.05) is 37.3 Å². The highest BCUT2D eigenvalue weighted by Crippen LogP contribution is 2.59. The van der Waals surface area contributed by atoms with Gasteiger partial charge in [-0.1, -0.05) is 54.1 Å². The second kappa shape index (κ2) is 16.4. The lowest BCUT2D eigenvalue weighted by Crippen LogP contribution is -2.56. The van der Waals surface area contributed by atoms with Gasteiger partial charge >= 0.3 is 5.97 Å². The van der Waals surface area contributed by atoms with Crippen molar-refractivity contribution in [3.05, 3.63) is 90.5 Å². The number of carbonyl (C=O) groups is 4. The maximum absolute atomic E-state index is 14.7. The average molecular weight is 706 g/mol. The van der Waals surface area contributed by atoms with Crippen LogP contribution in [0.25, 0.3) is 0 Å². The predicted molar refractivity (Wildman–Crippen MR) is 191 cm³/mol. The van der Waals surface area contributed by atoms with Gasteiger partial charge in [-0.15, -0.1) is 13.2 Å². The van der Waals surface area contributed by atoms with E-state index in [4.69, 9.17) is 21.1 Å². The number of anilines is 1. The largest absolute Gasteiger partial charge is 0.455 e. The number of benzene rings is 2. The van der Waals surface area contributed by atoms with Crippen LogP contribution in [0.1, 0.15) is 63.5 Å². The third kappa shape index (κ3) is 7.24. The molecule has 0 unspecified atom stereocenters. The SMILES string of the molecule is C=CCCC(=O)N(C)[C@H](C)[C@H](OC(=O)[C@@H]1[C@@H]2CC[C@]3(O2)[C@H](C(=O)N(CC=C)c2ccc(Cl)cc2)N(CCCCCO)C(=O)[C@@H]13)c1ccccc1. The number of carbonyl (C=O) groups excluding carboxylic acids is 4. The molecule has 7 atom stereocenters. The van der Waals surface area contributed by atoms with Crippen LogP contribution in [0, 0.1) is 11.8 Å². The highest BCUT2D eigenvalue weighted by molar-refractivity contribution is 6.30. The molecular weight excluding hydrogens is 658 g/mol. The zero-order valence-electron chi connectivity index (χ0n) is 28.9. The molecule has 2 bridgehead atoms. The Morgan fingerprint density at radius 2 is 1.82 bits per heavy atom. The number of hydrogen-bond acceptors (Lipinski definition) is 7. The summed E-state index contributed by atoms with van der Waals surface area (Å²) in [5.74, 6) is -3.18. The number of nitrogens with zero attached hydrogens (tertiary/aromatic N) is 3. The number of unbranched alkanes of at least 4 members (excludes halogenated alkanes) is 2. The molecule has 0 aliphatic carbocycles. The number of rotatable bonds is 17. The zero-order valence-corrected chi connectivity index (χ0v) is 29.7. The number of ether oxygens (including phenoxy) is 2.